The molecule has 5 heteroatoms. The molecule has 1 heterocycles. The molecule has 2 amide bonds. The molecule has 0 aromatic heterocycles. The average molecular weight is 316 g/mol. The zero-order chi connectivity index (χ0) is 17.2. The second-order valence-corrected chi connectivity index (χ2v) is 6.82. The first kappa shape index (κ1) is 17.1. The van der Waals surface area contributed by atoms with Gasteiger partial charge in [-0.25, -0.2) is 0 Å². The van der Waals surface area contributed by atoms with Gasteiger partial charge in [0.05, 0.1) is 12.7 Å². The highest BCUT2D eigenvalue weighted by atomic mass is 16.5. The van der Waals surface area contributed by atoms with E-state index in [1.54, 1.807) is 6.07 Å². The van der Waals surface area contributed by atoms with Crippen LogP contribution in [0.15, 0.2) is 30.5 Å². The number of nitrogens with one attached hydrogen (secondary N) is 2. The van der Waals surface area contributed by atoms with Crippen LogP contribution < -0.4 is 15.4 Å². The van der Waals surface area contributed by atoms with Crippen LogP contribution in [0.3, 0.4) is 0 Å². The van der Waals surface area contributed by atoms with Crippen LogP contribution in [-0.2, 0) is 10.2 Å². The molecule has 124 valence electrons. The molecule has 0 bridgehead atoms. The van der Waals surface area contributed by atoms with Gasteiger partial charge in [0.1, 0.15) is 11.8 Å². The minimum atomic E-state index is -0.542. The molecule has 2 N–H and O–H groups in total. The van der Waals surface area contributed by atoms with Crippen molar-refractivity contribution in [1.82, 2.24) is 10.6 Å². The lowest BCUT2D eigenvalue weighted by Crippen LogP contribution is -2.49. The lowest BCUT2D eigenvalue weighted by atomic mass is 9.86. The Bertz CT molecular complexity index is 644. The Morgan fingerprint density at radius 3 is 2.65 bits per heavy atom. The normalized spacial score (nSPS) is 18.3. The summed E-state index contributed by atoms with van der Waals surface area (Å²) in [5.41, 5.74) is 2.16. The Balaban J connectivity index is 2.19. The number of hydrogen-bond acceptors (Lipinski definition) is 3. The van der Waals surface area contributed by atoms with Crippen molar-refractivity contribution in [2.45, 2.75) is 45.1 Å². The van der Waals surface area contributed by atoms with Gasteiger partial charge in [-0.3, -0.25) is 9.59 Å². The predicted molar refractivity (Wildman–Crippen MR) is 89.5 cm³/mol. The molecule has 2 rings (SSSR count). The minimum absolute atomic E-state index is 0.0358. The fourth-order valence-electron chi connectivity index (χ4n) is 2.49. The van der Waals surface area contributed by atoms with Crippen LogP contribution >= 0.6 is 0 Å². The molecule has 1 aliphatic heterocycles. The maximum atomic E-state index is 12.5. The highest BCUT2D eigenvalue weighted by Gasteiger charge is 2.27. The van der Waals surface area contributed by atoms with Crippen molar-refractivity contribution >= 4 is 11.8 Å². The van der Waals surface area contributed by atoms with Crippen LogP contribution in [0.2, 0.25) is 0 Å². The zero-order valence-electron chi connectivity index (χ0n) is 14.2. The van der Waals surface area contributed by atoms with Crippen molar-refractivity contribution in [2.24, 2.45) is 0 Å². The number of carbonyl (C=O) groups is 2. The van der Waals surface area contributed by atoms with Gasteiger partial charge in [-0.1, -0.05) is 33.4 Å². The van der Waals surface area contributed by atoms with Crippen molar-refractivity contribution in [3.8, 4) is 5.75 Å². The quantitative estimate of drug-likeness (QED) is 0.900. The van der Waals surface area contributed by atoms with E-state index in [9.17, 15) is 9.59 Å². The highest BCUT2D eigenvalue weighted by molar-refractivity contribution is 6.00. The summed E-state index contributed by atoms with van der Waals surface area (Å²) in [6.07, 6.45) is 1.22. The van der Waals surface area contributed by atoms with Gasteiger partial charge in [0.2, 0.25) is 5.91 Å². The lowest BCUT2D eigenvalue weighted by molar-refractivity contribution is -0.123. The van der Waals surface area contributed by atoms with E-state index in [0.717, 1.165) is 5.56 Å². The largest absolute Gasteiger partial charge is 0.496 e. The molecular weight excluding hydrogens is 292 g/mol. The Labute approximate surface area is 137 Å². The molecule has 0 aliphatic carbocycles. The Kier molecular flexibility index (Phi) is 4.78. The maximum absolute atomic E-state index is 12.5. The smallest absolute Gasteiger partial charge is 0.255 e. The van der Waals surface area contributed by atoms with Gasteiger partial charge in [-0.15, -0.1) is 0 Å². The highest BCUT2D eigenvalue weighted by Crippen LogP contribution is 2.28. The SMILES string of the molecule is C=C1CCC(NC(=O)c2ccc(C(C)(C)C)cc2OC)C(=O)N1. The van der Waals surface area contributed by atoms with E-state index < -0.39 is 6.04 Å². The first-order chi connectivity index (χ1) is 10.7. The number of carbonyl (C=O) groups excluding carboxylic acids is 2. The van der Waals surface area contributed by atoms with Crippen LogP contribution in [0.4, 0.5) is 0 Å². The molecule has 1 aliphatic rings. The Morgan fingerprint density at radius 1 is 1.39 bits per heavy atom. The number of ether oxygens (including phenoxy) is 1. The molecule has 0 spiro atoms. The number of methoxy groups -OCH3 is 1. The van der Waals surface area contributed by atoms with Crippen molar-refractivity contribution < 1.29 is 14.3 Å². The van der Waals surface area contributed by atoms with Crippen LogP contribution in [-0.4, -0.2) is 25.0 Å². The van der Waals surface area contributed by atoms with E-state index >= 15 is 0 Å². The Morgan fingerprint density at radius 2 is 2.09 bits per heavy atom. The van der Waals surface area contributed by atoms with Gasteiger partial charge in [0.25, 0.3) is 5.91 Å². The molecule has 1 saturated heterocycles. The molecule has 5 nitrogen and oxygen atoms in total. The van der Waals surface area contributed by atoms with Gasteiger partial charge in [0, 0.05) is 5.70 Å². The number of benzene rings is 1. The summed E-state index contributed by atoms with van der Waals surface area (Å²) in [7, 11) is 1.54. The fourth-order valence-corrected chi connectivity index (χ4v) is 2.49. The molecule has 1 unspecified atom stereocenters. The van der Waals surface area contributed by atoms with E-state index in [-0.39, 0.29) is 17.2 Å². The van der Waals surface area contributed by atoms with E-state index in [1.807, 2.05) is 12.1 Å². The topological polar surface area (TPSA) is 67.4 Å². The van der Waals surface area contributed by atoms with E-state index in [1.165, 1.54) is 7.11 Å². The zero-order valence-corrected chi connectivity index (χ0v) is 14.2. The number of allylic oxidation sites excluding steroid dienone is 1. The number of amides is 2. The monoisotopic (exact) mass is 316 g/mol. The molecule has 0 radical (unpaired) electrons. The van der Waals surface area contributed by atoms with Crippen molar-refractivity contribution in [3.05, 3.63) is 41.6 Å². The third kappa shape index (κ3) is 3.92. The summed E-state index contributed by atoms with van der Waals surface area (Å²) in [6.45, 7) is 10.0. The molecular formula is C18H24N2O3. The van der Waals surface area contributed by atoms with Gasteiger partial charge >= 0.3 is 0 Å². The summed E-state index contributed by atoms with van der Waals surface area (Å²) >= 11 is 0. The summed E-state index contributed by atoms with van der Waals surface area (Å²) in [5.74, 6) is -0.0228. The standard InChI is InChI=1S/C18H24N2O3/c1-11-6-9-14(17(22)19-11)20-16(21)13-8-7-12(18(2,3)4)10-15(13)23-5/h7-8,10,14H,1,6,9H2,2-5H3,(H,19,22)(H,20,21). The van der Waals surface area contributed by atoms with Crippen molar-refractivity contribution in [1.29, 1.82) is 0 Å². The van der Waals surface area contributed by atoms with Crippen LogP contribution in [0.25, 0.3) is 0 Å². The maximum Gasteiger partial charge on any atom is 0.255 e. The Hall–Kier alpha value is -2.30. The fraction of sp³-hybridized carbons (Fsp3) is 0.444. The second-order valence-electron chi connectivity index (χ2n) is 6.82. The van der Waals surface area contributed by atoms with Gasteiger partial charge in [-0.05, 0) is 36.0 Å². The predicted octanol–water partition coefficient (Wildman–Crippen LogP) is 2.51. The molecule has 1 atom stereocenters. The van der Waals surface area contributed by atoms with Crippen molar-refractivity contribution in [2.75, 3.05) is 7.11 Å². The molecule has 1 fully saturated rings. The van der Waals surface area contributed by atoms with Gasteiger partial charge in [0.15, 0.2) is 0 Å². The third-order valence-corrected chi connectivity index (χ3v) is 3.97. The molecule has 23 heavy (non-hydrogen) atoms. The van der Waals surface area contributed by atoms with Gasteiger partial charge < -0.3 is 15.4 Å². The first-order valence-corrected chi connectivity index (χ1v) is 7.70. The summed E-state index contributed by atoms with van der Waals surface area (Å²) in [4.78, 5) is 24.4. The number of hydrogen-bond donors (Lipinski definition) is 2. The van der Waals surface area contributed by atoms with Crippen LogP contribution in [0.5, 0.6) is 5.75 Å². The average Bonchev–Trinajstić information content (AvgIpc) is 2.48. The summed E-state index contributed by atoms with van der Waals surface area (Å²) in [6, 6.07) is 4.99. The summed E-state index contributed by atoms with van der Waals surface area (Å²) in [5, 5.41) is 5.43. The van der Waals surface area contributed by atoms with Crippen LogP contribution in [0.1, 0.15) is 49.5 Å². The summed E-state index contributed by atoms with van der Waals surface area (Å²) < 4.78 is 5.36. The van der Waals surface area contributed by atoms with E-state index in [4.69, 9.17) is 4.74 Å². The molecule has 1 aromatic carbocycles. The minimum Gasteiger partial charge on any atom is -0.496 e. The number of rotatable bonds is 3. The molecule has 0 saturated carbocycles. The first-order valence-electron chi connectivity index (χ1n) is 7.70. The van der Waals surface area contributed by atoms with E-state index in [0.29, 0.717) is 29.9 Å². The molecule has 1 aromatic rings. The van der Waals surface area contributed by atoms with Gasteiger partial charge in [-0.2, -0.15) is 0 Å². The van der Waals surface area contributed by atoms with E-state index in [2.05, 4.69) is 38.0 Å². The lowest BCUT2D eigenvalue weighted by Gasteiger charge is -2.25. The second kappa shape index (κ2) is 6.44. The number of piperidine rings is 1. The van der Waals surface area contributed by atoms with Crippen molar-refractivity contribution in [3.63, 3.8) is 0 Å². The van der Waals surface area contributed by atoms with Crippen LogP contribution in [0, 0.1) is 0 Å². The third-order valence-electron chi connectivity index (χ3n) is 3.97.